The Hall–Kier alpha value is -2.70. The van der Waals surface area contributed by atoms with Crippen molar-refractivity contribution < 1.29 is 9.32 Å². The van der Waals surface area contributed by atoms with Gasteiger partial charge in [0.25, 0.3) is 0 Å². The summed E-state index contributed by atoms with van der Waals surface area (Å²) in [4.78, 5) is 21.2. The summed E-state index contributed by atoms with van der Waals surface area (Å²) in [6, 6.07) is 3.65. The smallest absolute Gasteiger partial charge is 0.249 e. The molecular weight excluding hydrogens is 306 g/mol. The van der Waals surface area contributed by atoms with E-state index in [1.807, 2.05) is 49.7 Å². The van der Waals surface area contributed by atoms with Crippen molar-refractivity contribution in [2.24, 2.45) is 5.92 Å². The Morgan fingerprint density at radius 1 is 1.33 bits per heavy atom. The molecule has 0 aliphatic carbocycles. The molecule has 0 saturated heterocycles. The van der Waals surface area contributed by atoms with Crippen molar-refractivity contribution >= 4 is 11.6 Å². The molecule has 0 spiro atoms. The van der Waals surface area contributed by atoms with Crippen molar-refractivity contribution in [2.45, 2.75) is 40.2 Å². The molecule has 0 bridgehead atoms. The predicted octanol–water partition coefficient (Wildman–Crippen LogP) is 2.39. The normalized spacial score (nSPS) is 12.7. The molecule has 7 nitrogen and oxygen atoms in total. The van der Waals surface area contributed by atoms with Gasteiger partial charge in [0.05, 0.1) is 12.1 Å². The number of rotatable bonds is 5. The minimum atomic E-state index is -0.308. The van der Waals surface area contributed by atoms with E-state index in [1.54, 1.807) is 6.92 Å². The SMILES string of the molecule is Cc1noc(C(NC(=O)Cc2cn3cccc(C)c3n2)C(C)C)n1. The summed E-state index contributed by atoms with van der Waals surface area (Å²) in [6.07, 6.45) is 4.01. The summed E-state index contributed by atoms with van der Waals surface area (Å²) in [5.41, 5.74) is 2.67. The molecule has 0 aromatic carbocycles. The van der Waals surface area contributed by atoms with Crippen LogP contribution in [0.5, 0.6) is 0 Å². The highest BCUT2D eigenvalue weighted by Gasteiger charge is 2.24. The summed E-state index contributed by atoms with van der Waals surface area (Å²) in [5.74, 6) is 1.00. The number of carbonyl (C=O) groups is 1. The number of pyridine rings is 1. The van der Waals surface area contributed by atoms with Crippen molar-refractivity contribution in [2.75, 3.05) is 0 Å². The van der Waals surface area contributed by atoms with Crippen molar-refractivity contribution in [3.8, 4) is 0 Å². The maximum Gasteiger partial charge on any atom is 0.249 e. The van der Waals surface area contributed by atoms with E-state index in [4.69, 9.17) is 4.52 Å². The van der Waals surface area contributed by atoms with Crippen molar-refractivity contribution in [1.82, 2.24) is 24.8 Å². The quantitative estimate of drug-likeness (QED) is 0.777. The molecule has 0 saturated carbocycles. The average molecular weight is 327 g/mol. The highest BCUT2D eigenvalue weighted by Crippen LogP contribution is 2.20. The Labute approximate surface area is 140 Å². The number of carbonyl (C=O) groups excluding carboxylic acids is 1. The largest absolute Gasteiger partial charge is 0.344 e. The lowest BCUT2D eigenvalue weighted by Crippen LogP contribution is -2.33. The number of nitrogens with zero attached hydrogens (tertiary/aromatic N) is 4. The first-order valence-electron chi connectivity index (χ1n) is 7.97. The third-order valence-electron chi connectivity index (χ3n) is 3.86. The molecule has 126 valence electrons. The van der Waals surface area contributed by atoms with E-state index in [9.17, 15) is 4.79 Å². The van der Waals surface area contributed by atoms with Gasteiger partial charge in [-0.25, -0.2) is 4.98 Å². The molecule has 1 amide bonds. The topological polar surface area (TPSA) is 85.3 Å². The Morgan fingerprint density at radius 3 is 2.75 bits per heavy atom. The summed E-state index contributed by atoms with van der Waals surface area (Å²) < 4.78 is 7.14. The summed E-state index contributed by atoms with van der Waals surface area (Å²) in [7, 11) is 0. The van der Waals surface area contributed by atoms with E-state index in [0.717, 1.165) is 16.9 Å². The molecule has 3 rings (SSSR count). The Bertz CT molecular complexity index is 865. The number of amides is 1. The van der Waals surface area contributed by atoms with Gasteiger partial charge in [-0.1, -0.05) is 25.1 Å². The monoisotopic (exact) mass is 327 g/mol. The van der Waals surface area contributed by atoms with Crippen LogP contribution >= 0.6 is 0 Å². The van der Waals surface area contributed by atoms with Gasteiger partial charge in [0.1, 0.15) is 11.7 Å². The average Bonchev–Trinajstić information content (AvgIpc) is 3.11. The maximum atomic E-state index is 12.4. The lowest BCUT2D eigenvalue weighted by Gasteiger charge is -2.18. The molecule has 0 radical (unpaired) electrons. The third-order valence-corrected chi connectivity index (χ3v) is 3.86. The molecule has 7 heteroatoms. The lowest BCUT2D eigenvalue weighted by atomic mass is 10.0. The van der Waals surface area contributed by atoms with Gasteiger partial charge in [-0.3, -0.25) is 4.79 Å². The van der Waals surface area contributed by atoms with Crippen molar-refractivity contribution in [3.63, 3.8) is 0 Å². The number of fused-ring (bicyclic) bond motifs is 1. The fourth-order valence-corrected chi connectivity index (χ4v) is 2.63. The van der Waals surface area contributed by atoms with Crippen LogP contribution in [0.4, 0.5) is 0 Å². The van der Waals surface area contributed by atoms with E-state index in [1.165, 1.54) is 0 Å². The number of hydrogen-bond acceptors (Lipinski definition) is 5. The first-order chi connectivity index (χ1) is 11.4. The standard InChI is InChI=1S/C17H21N5O2/c1-10(2)15(17-18-12(4)21-24-17)20-14(23)8-13-9-22-7-5-6-11(3)16(22)19-13/h5-7,9-10,15H,8H2,1-4H3,(H,20,23). The molecule has 3 aromatic rings. The zero-order valence-electron chi connectivity index (χ0n) is 14.3. The van der Waals surface area contributed by atoms with Gasteiger partial charge in [-0.2, -0.15) is 4.98 Å². The fraction of sp³-hybridized carbons (Fsp3) is 0.412. The van der Waals surface area contributed by atoms with Gasteiger partial charge in [0.15, 0.2) is 5.82 Å². The highest BCUT2D eigenvalue weighted by molar-refractivity contribution is 5.78. The predicted molar refractivity (Wildman–Crippen MR) is 88.4 cm³/mol. The van der Waals surface area contributed by atoms with Crippen LogP contribution < -0.4 is 5.32 Å². The maximum absolute atomic E-state index is 12.4. The third kappa shape index (κ3) is 3.29. The van der Waals surface area contributed by atoms with Gasteiger partial charge in [-0.05, 0) is 31.4 Å². The van der Waals surface area contributed by atoms with E-state index < -0.39 is 0 Å². The Balaban J connectivity index is 1.74. The van der Waals surface area contributed by atoms with Crippen LogP contribution in [-0.4, -0.2) is 25.4 Å². The molecule has 0 aliphatic rings. The van der Waals surface area contributed by atoms with Gasteiger partial charge in [0, 0.05) is 12.4 Å². The molecule has 24 heavy (non-hydrogen) atoms. The Morgan fingerprint density at radius 2 is 2.12 bits per heavy atom. The fourth-order valence-electron chi connectivity index (χ4n) is 2.63. The van der Waals surface area contributed by atoms with Crippen LogP contribution in [0.1, 0.15) is 42.9 Å². The van der Waals surface area contributed by atoms with Crippen molar-refractivity contribution in [3.05, 3.63) is 47.5 Å². The summed E-state index contributed by atoms with van der Waals surface area (Å²) in [5, 5.41) is 6.77. The van der Waals surface area contributed by atoms with Crippen LogP contribution in [0.3, 0.4) is 0 Å². The zero-order valence-corrected chi connectivity index (χ0v) is 14.3. The first-order valence-corrected chi connectivity index (χ1v) is 7.97. The molecule has 1 atom stereocenters. The van der Waals surface area contributed by atoms with Gasteiger partial charge in [0.2, 0.25) is 11.8 Å². The second-order valence-corrected chi connectivity index (χ2v) is 6.30. The van der Waals surface area contributed by atoms with Gasteiger partial charge < -0.3 is 14.2 Å². The number of imidazole rings is 1. The summed E-state index contributed by atoms with van der Waals surface area (Å²) in [6.45, 7) is 7.75. The van der Waals surface area contributed by atoms with Crippen LogP contribution in [0.25, 0.3) is 5.65 Å². The molecule has 1 N–H and O–H groups in total. The van der Waals surface area contributed by atoms with E-state index >= 15 is 0 Å². The molecular formula is C17H21N5O2. The minimum absolute atomic E-state index is 0.120. The van der Waals surface area contributed by atoms with Gasteiger partial charge in [-0.15, -0.1) is 0 Å². The second kappa shape index (κ2) is 6.43. The highest BCUT2D eigenvalue weighted by atomic mass is 16.5. The molecule has 0 aliphatic heterocycles. The molecule has 3 heterocycles. The second-order valence-electron chi connectivity index (χ2n) is 6.30. The number of hydrogen-bond donors (Lipinski definition) is 1. The van der Waals surface area contributed by atoms with Crippen LogP contribution in [0.15, 0.2) is 29.0 Å². The van der Waals surface area contributed by atoms with Crippen LogP contribution in [-0.2, 0) is 11.2 Å². The van der Waals surface area contributed by atoms with E-state index in [-0.39, 0.29) is 24.3 Å². The minimum Gasteiger partial charge on any atom is -0.344 e. The van der Waals surface area contributed by atoms with Crippen molar-refractivity contribution in [1.29, 1.82) is 0 Å². The number of aromatic nitrogens is 4. The molecule has 3 aromatic heterocycles. The summed E-state index contributed by atoms with van der Waals surface area (Å²) >= 11 is 0. The number of aryl methyl sites for hydroxylation is 2. The van der Waals surface area contributed by atoms with E-state index in [2.05, 4.69) is 20.4 Å². The van der Waals surface area contributed by atoms with Crippen LogP contribution in [0.2, 0.25) is 0 Å². The lowest BCUT2D eigenvalue weighted by molar-refractivity contribution is -0.121. The molecule has 0 fully saturated rings. The Kier molecular flexibility index (Phi) is 4.33. The van der Waals surface area contributed by atoms with E-state index in [0.29, 0.717) is 11.7 Å². The van der Waals surface area contributed by atoms with Gasteiger partial charge >= 0.3 is 0 Å². The molecule has 1 unspecified atom stereocenters. The number of nitrogens with one attached hydrogen (secondary N) is 1. The first kappa shape index (κ1) is 16.2. The van der Waals surface area contributed by atoms with Crippen LogP contribution in [0, 0.1) is 19.8 Å². The zero-order chi connectivity index (χ0) is 17.3.